The van der Waals surface area contributed by atoms with Gasteiger partial charge in [-0.25, -0.2) is 0 Å². The van der Waals surface area contributed by atoms with Crippen LogP contribution in [0.25, 0.3) is 55.5 Å². The third kappa shape index (κ3) is 6.35. The second-order valence-corrected chi connectivity index (χ2v) is 18.8. The van der Waals surface area contributed by atoms with Gasteiger partial charge in [-0.3, -0.25) is 0 Å². The van der Waals surface area contributed by atoms with Crippen LogP contribution in [-0.2, 0) is 10.8 Å². The van der Waals surface area contributed by atoms with E-state index in [2.05, 4.69) is 164 Å². The molecule has 0 aliphatic heterocycles. The van der Waals surface area contributed by atoms with Crippen molar-refractivity contribution in [1.82, 2.24) is 0 Å². The molecule has 72 heavy (non-hydrogen) atoms. The highest BCUT2D eigenvalue weighted by Gasteiger charge is 2.48. The molecule has 340 valence electrons. The van der Waals surface area contributed by atoms with Gasteiger partial charge in [-0.1, -0.05) is 218 Å². The maximum absolute atomic E-state index is 10.2. The second-order valence-electron chi connectivity index (χ2n) is 18.8. The lowest BCUT2D eigenvalue weighted by atomic mass is 9.65. The minimum absolute atomic E-state index is 0.0369. The van der Waals surface area contributed by atoms with Crippen LogP contribution in [0.4, 0.5) is 17.1 Å². The van der Waals surface area contributed by atoms with Crippen molar-refractivity contribution in [2.45, 2.75) is 23.7 Å². The van der Waals surface area contributed by atoms with Gasteiger partial charge in [0, 0.05) is 22.4 Å². The lowest BCUT2D eigenvalue weighted by molar-refractivity contribution is 0.616. The van der Waals surface area contributed by atoms with Crippen LogP contribution in [0, 0.1) is 0 Å². The summed E-state index contributed by atoms with van der Waals surface area (Å²) in [5.41, 5.74) is 13.0. The summed E-state index contributed by atoms with van der Waals surface area (Å²) in [4.78, 5) is 1.85. The highest BCUT2D eigenvalue weighted by Crippen LogP contribution is 2.60. The normalized spacial score (nSPS) is 17.4. The van der Waals surface area contributed by atoms with Gasteiger partial charge in [0.2, 0.25) is 0 Å². The Morgan fingerprint density at radius 3 is 1.46 bits per heavy atom. The zero-order valence-corrected chi connectivity index (χ0v) is 39.1. The van der Waals surface area contributed by atoms with E-state index in [4.69, 9.17) is 4.42 Å². The van der Waals surface area contributed by atoms with Crippen molar-refractivity contribution in [2.24, 2.45) is 0 Å². The van der Waals surface area contributed by atoms with Crippen LogP contribution >= 0.6 is 0 Å². The van der Waals surface area contributed by atoms with Gasteiger partial charge in [0.25, 0.3) is 0 Å². The molecule has 14 rings (SSSR count). The van der Waals surface area contributed by atoms with E-state index < -0.39 is 47.1 Å². The van der Waals surface area contributed by atoms with Gasteiger partial charge < -0.3 is 9.32 Å². The van der Waals surface area contributed by atoms with Gasteiger partial charge in [0.1, 0.15) is 5.58 Å². The van der Waals surface area contributed by atoms with Crippen molar-refractivity contribution in [1.29, 1.82) is 0 Å². The zero-order chi connectivity index (χ0) is 54.6. The molecule has 1 heterocycles. The van der Waals surface area contributed by atoms with Gasteiger partial charge >= 0.3 is 0 Å². The first-order valence-electron chi connectivity index (χ1n) is 28.6. The number of benzene rings is 10. The summed E-state index contributed by atoms with van der Waals surface area (Å²) in [5, 5.41) is 0.726. The molecule has 0 saturated carbocycles. The molecule has 1 aromatic heterocycles. The van der Waals surface area contributed by atoms with E-state index in [1.54, 1.807) is 30.5 Å². The van der Waals surface area contributed by atoms with Crippen molar-refractivity contribution in [2.75, 3.05) is 4.90 Å². The largest absolute Gasteiger partial charge is 0.464 e. The Labute approximate surface area is 432 Å². The topological polar surface area (TPSA) is 16.4 Å². The fourth-order valence-electron chi connectivity index (χ4n) is 12.1. The Bertz CT molecular complexity index is 4320. The van der Waals surface area contributed by atoms with E-state index in [-0.39, 0.29) is 34.5 Å². The molecule has 2 heteroatoms. The molecule has 0 amide bonds. The summed E-state index contributed by atoms with van der Waals surface area (Å²) in [7, 11) is 0. The summed E-state index contributed by atoms with van der Waals surface area (Å²) >= 11 is 0. The molecule has 3 aliphatic carbocycles. The minimum atomic E-state index is -0.814. The summed E-state index contributed by atoms with van der Waals surface area (Å²) in [5.74, 6) is 0. The van der Waals surface area contributed by atoms with Gasteiger partial charge in [-0.15, -0.1) is 0 Å². The van der Waals surface area contributed by atoms with Crippen LogP contribution in [0.1, 0.15) is 62.8 Å². The van der Waals surface area contributed by atoms with Crippen molar-refractivity contribution in [3.8, 4) is 44.5 Å². The summed E-state index contributed by atoms with van der Waals surface area (Å²) in [6, 6.07) is 64.6. The molecule has 11 aromatic rings. The molecular weight excluding hydrogens is 871 g/mol. The van der Waals surface area contributed by atoms with Crippen LogP contribution in [0.15, 0.2) is 283 Å². The van der Waals surface area contributed by atoms with Gasteiger partial charge in [0.05, 0.1) is 28.1 Å². The quantitative estimate of drug-likeness (QED) is 0.143. The maximum atomic E-state index is 10.2. The van der Waals surface area contributed by atoms with Crippen molar-refractivity contribution >= 4 is 28.0 Å². The van der Waals surface area contributed by atoms with E-state index in [0.29, 0.717) is 22.5 Å². The van der Waals surface area contributed by atoms with Crippen LogP contribution < -0.4 is 4.90 Å². The summed E-state index contributed by atoms with van der Waals surface area (Å²) in [6.07, 6.45) is 9.82. The molecule has 0 N–H and O–H groups in total. The highest BCUT2D eigenvalue weighted by atomic mass is 16.3. The van der Waals surface area contributed by atoms with Crippen molar-refractivity contribution in [3.05, 3.63) is 318 Å². The standard InChI is InChI=1S/C70H49NO/c1-5-17-53(18-6-1)69(54-19-7-2-8-20-54)64-27-15-13-25-60(64)62-40-38-58(46-66(62)69)71(57-36-33-49(34-37-57)48-29-31-50(32-30-48)51-35-42-68-52(45-51)43-44-72-68)59-39-41-63-61-26-14-16-28-65(61)70(67(63)47-59,55-21-9-3-10-22-55)56-23-11-4-12-24-56/h1-11,13-23,25-47H,12,24H2/i29D,30D,31D,32D,33D,34D,36D,37D. The second kappa shape index (κ2) is 16.9. The third-order valence-corrected chi connectivity index (χ3v) is 15.1. The number of furan rings is 1. The lowest BCUT2D eigenvalue weighted by Gasteiger charge is -2.37. The Kier molecular flexibility index (Phi) is 8.04. The molecule has 0 radical (unpaired) electrons. The molecule has 1 atom stereocenters. The van der Waals surface area contributed by atoms with E-state index in [1.807, 2.05) is 35.2 Å². The molecule has 2 nitrogen and oxygen atoms in total. The predicted molar refractivity (Wildman–Crippen MR) is 297 cm³/mol. The molecule has 1 unspecified atom stereocenters. The fraction of sp³-hybridized carbons (Fsp3) is 0.0571. The lowest BCUT2D eigenvalue weighted by Crippen LogP contribution is -2.30. The molecule has 0 fully saturated rings. The first kappa shape index (κ1) is 34.3. The SMILES string of the molecule is [2H]c1c([2H])c(-c2c([2H])c([2H])c(N(c3ccc4c(c3)C(C3=CC=CCC3)(c3ccccc3)c3ccccc3-4)c3ccc4c(c3)C(c3ccccc3)(c3ccccc3)c3ccccc3-4)c([2H])c2[2H])c([2H])c([2H])c1-c1ccc2occc2c1. The van der Waals surface area contributed by atoms with E-state index in [0.717, 1.165) is 79.4 Å². The number of rotatable bonds is 9. The number of allylic oxidation sites excluding steroid dienone is 4. The summed E-state index contributed by atoms with van der Waals surface area (Å²) < 4.78 is 83.3. The molecule has 0 saturated heterocycles. The Balaban J connectivity index is 1.05. The fourth-order valence-corrected chi connectivity index (χ4v) is 12.1. The minimum Gasteiger partial charge on any atom is -0.464 e. The Hall–Kier alpha value is -8.98. The Morgan fingerprint density at radius 2 is 0.889 bits per heavy atom. The smallest absolute Gasteiger partial charge is 0.133 e. The average molecular weight is 928 g/mol. The number of hydrogen-bond donors (Lipinski definition) is 0. The molecule has 0 bridgehead atoms. The first-order chi connectivity index (χ1) is 39.0. The molecule has 0 spiro atoms. The Morgan fingerprint density at radius 1 is 0.403 bits per heavy atom. The van der Waals surface area contributed by atoms with Crippen LogP contribution in [0.2, 0.25) is 0 Å². The van der Waals surface area contributed by atoms with Gasteiger partial charge in [0.15, 0.2) is 0 Å². The van der Waals surface area contributed by atoms with Gasteiger partial charge in [-0.05, 0) is 151 Å². The molecule has 10 aromatic carbocycles. The highest BCUT2D eigenvalue weighted by molar-refractivity contribution is 5.93. The maximum Gasteiger partial charge on any atom is 0.133 e. The number of hydrogen-bond acceptors (Lipinski definition) is 2. The monoisotopic (exact) mass is 927 g/mol. The third-order valence-electron chi connectivity index (χ3n) is 15.1. The van der Waals surface area contributed by atoms with Crippen LogP contribution in [0.3, 0.4) is 0 Å². The molecule has 3 aliphatic rings. The number of anilines is 3. The average Bonchev–Trinajstić information content (AvgIpc) is 4.39. The van der Waals surface area contributed by atoms with Crippen LogP contribution in [0.5, 0.6) is 0 Å². The summed E-state index contributed by atoms with van der Waals surface area (Å²) in [6.45, 7) is 0. The molecular formula is C70H49NO. The predicted octanol–water partition coefficient (Wildman–Crippen LogP) is 18.2. The van der Waals surface area contributed by atoms with Crippen molar-refractivity contribution < 1.29 is 15.4 Å². The van der Waals surface area contributed by atoms with E-state index in [1.165, 1.54) is 5.57 Å². The number of nitrogens with zero attached hydrogens (tertiary/aromatic N) is 1. The van der Waals surface area contributed by atoms with Gasteiger partial charge in [-0.2, -0.15) is 0 Å². The zero-order valence-electron chi connectivity index (χ0n) is 47.1. The van der Waals surface area contributed by atoms with E-state index in [9.17, 15) is 11.0 Å². The number of fused-ring (bicyclic) bond motifs is 7. The van der Waals surface area contributed by atoms with Crippen LogP contribution in [-0.4, -0.2) is 0 Å². The van der Waals surface area contributed by atoms with E-state index >= 15 is 0 Å². The van der Waals surface area contributed by atoms with Crippen molar-refractivity contribution in [3.63, 3.8) is 0 Å². The first-order valence-corrected chi connectivity index (χ1v) is 24.6.